The molecule has 0 atom stereocenters. The van der Waals surface area contributed by atoms with Gasteiger partial charge in [-0.1, -0.05) is 158 Å². The third kappa shape index (κ3) is 30.7. The van der Waals surface area contributed by atoms with Gasteiger partial charge in [0.05, 0.1) is 0 Å². The summed E-state index contributed by atoms with van der Waals surface area (Å²) in [6.07, 6.45) is 0. The van der Waals surface area contributed by atoms with Gasteiger partial charge in [-0.05, 0) is 162 Å². The standard InChI is InChI=1S/C108H116F12N12/c109-97-51-87(52-98(110)63-97)75-127-39-27-121(69-81-7-3-1-4-8-81)28-40-128(76-88-53-99(111)64-100(112)54-88)44-32-123(31-43-127)71-83-11-19-93(20-12-83)95-23-15-85(16-24-95)73-125-35-47-131(79-91-59-105(117)67-106(118)60-91)49-37-126(38-50-132(48-36-125)80-92-61-107(119)68-108(120)62-92)74-86-17-25-96(26-18-86)94-21-13-84(14-22-94)72-124-33-45-129(77-89-55-101(113)65-102(114)56-89)41-29-122(70-82-9-5-2-6-10-82)30-42-130(46-34-124)78-90-57-103(115)66-104(116)58-90/h1-26,51-68H,27-50,69-80H2. The van der Waals surface area contributed by atoms with E-state index in [0.717, 1.165) is 92.0 Å². The molecule has 3 aliphatic rings. The first-order valence-corrected chi connectivity index (χ1v) is 45.9. The molecule has 692 valence electrons. The average molecular weight is 1810 g/mol. The van der Waals surface area contributed by atoms with Crippen LogP contribution in [0.25, 0.3) is 22.3 Å². The predicted molar refractivity (Wildman–Crippen MR) is 498 cm³/mol. The second-order valence-electron chi connectivity index (χ2n) is 35.7. The number of hydrogen-bond donors (Lipinski definition) is 0. The maximum absolute atomic E-state index is 15.0. The monoisotopic (exact) mass is 1810 g/mol. The van der Waals surface area contributed by atoms with E-state index in [4.69, 9.17) is 0 Å². The van der Waals surface area contributed by atoms with Crippen molar-refractivity contribution in [3.8, 4) is 22.3 Å². The van der Waals surface area contributed by atoms with E-state index in [-0.39, 0.29) is 0 Å². The Morgan fingerprint density at radius 2 is 0.227 bits per heavy atom. The van der Waals surface area contributed by atoms with Gasteiger partial charge in [-0.15, -0.1) is 0 Å². The van der Waals surface area contributed by atoms with Crippen LogP contribution in [-0.4, -0.2) is 216 Å². The first kappa shape index (κ1) is 95.9. The van der Waals surface area contributed by atoms with Crippen LogP contribution in [0.1, 0.15) is 66.8 Å². The summed E-state index contributed by atoms with van der Waals surface area (Å²) in [7, 11) is 0. The zero-order chi connectivity index (χ0) is 91.7. The lowest BCUT2D eigenvalue weighted by Gasteiger charge is -2.34. The molecule has 12 nitrogen and oxygen atoms in total. The molecule has 0 aromatic heterocycles. The molecule has 3 saturated heterocycles. The van der Waals surface area contributed by atoms with Crippen molar-refractivity contribution < 1.29 is 52.7 Å². The Balaban J connectivity index is 0.613. The number of nitrogens with zero attached hydrogens (tertiary/aromatic N) is 12. The molecule has 0 bridgehead atoms. The highest BCUT2D eigenvalue weighted by Crippen LogP contribution is 2.28. The lowest BCUT2D eigenvalue weighted by Crippen LogP contribution is -2.45. The molecular formula is C108H116F12N12. The van der Waals surface area contributed by atoms with E-state index in [2.05, 4.69) is 180 Å². The van der Waals surface area contributed by atoms with Crippen LogP contribution in [0.5, 0.6) is 0 Å². The molecule has 3 aliphatic heterocycles. The third-order valence-electron chi connectivity index (χ3n) is 25.4. The molecule has 12 aromatic carbocycles. The SMILES string of the molecule is Fc1cc(F)cc(CN2CCN(Cc3ccccc3)CCN(Cc3cc(F)cc(F)c3)CCN(Cc3ccc(-c4ccc(CN5CCN(Cc6cc(F)cc(F)c6)CCN(Cc6ccc(-c7ccc(CN8CCN(Cc9cc(F)cc(F)c9)CCN(Cc9ccccc9)CCN(Cc9cc(F)cc(F)c9)CC8)cc7)cc6)CCN(Cc6cc(F)cc(F)c6)CC5)cc4)cc3)CC2)c1. The molecule has 15 rings (SSSR count). The maximum Gasteiger partial charge on any atom is 0.126 e. The summed E-state index contributed by atoms with van der Waals surface area (Å²) in [4.78, 5) is 27.8. The van der Waals surface area contributed by atoms with Crippen molar-refractivity contribution in [3.63, 3.8) is 0 Å². The summed E-state index contributed by atoms with van der Waals surface area (Å²) in [5.41, 5.74) is 13.9. The zero-order valence-electron chi connectivity index (χ0n) is 74.8. The predicted octanol–water partition coefficient (Wildman–Crippen LogP) is 19.7. The van der Waals surface area contributed by atoms with E-state index < -0.39 is 69.8 Å². The third-order valence-corrected chi connectivity index (χ3v) is 25.4. The van der Waals surface area contributed by atoms with Crippen LogP contribution in [0.3, 0.4) is 0 Å². The van der Waals surface area contributed by atoms with E-state index in [1.165, 1.54) is 72.8 Å². The van der Waals surface area contributed by atoms with Gasteiger partial charge in [-0.2, -0.15) is 0 Å². The van der Waals surface area contributed by atoms with Crippen molar-refractivity contribution >= 4 is 0 Å². The maximum atomic E-state index is 15.0. The van der Waals surface area contributed by atoms with Crippen LogP contribution in [0.15, 0.2) is 267 Å². The highest BCUT2D eigenvalue weighted by molar-refractivity contribution is 5.65. The fourth-order valence-corrected chi connectivity index (χ4v) is 18.3. The van der Waals surface area contributed by atoms with Gasteiger partial charge in [0.2, 0.25) is 0 Å². The molecule has 0 aliphatic carbocycles. The Hall–Kier alpha value is -10.7. The lowest BCUT2D eigenvalue weighted by molar-refractivity contribution is 0.122. The molecule has 3 heterocycles. The summed E-state index contributed by atoms with van der Waals surface area (Å²) in [6.45, 7) is 20.3. The Bertz CT molecular complexity index is 5010. The minimum Gasteiger partial charge on any atom is -0.297 e. The largest absolute Gasteiger partial charge is 0.297 e. The van der Waals surface area contributed by atoms with Crippen LogP contribution < -0.4 is 0 Å². The molecule has 3 fully saturated rings. The highest BCUT2D eigenvalue weighted by atomic mass is 19.2. The van der Waals surface area contributed by atoms with Crippen molar-refractivity contribution in [3.05, 3.63) is 403 Å². The Morgan fingerprint density at radius 1 is 0.121 bits per heavy atom. The quantitative estimate of drug-likeness (QED) is 0.0485. The van der Waals surface area contributed by atoms with Crippen molar-refractivity contribution in [1.82, 2.24) is 58.8 Å². The number of rotatable bonds is 26. The molecule has 0 N–H and O–H groups in total. The van der Waals surface area contributed by atoms with Crippen molar-refractivity contribution in [2.75, 3.05) is 157 Å². The molecule has 0 unspecified atom stereocenters. The van der Waals surface area contributed by atoms with Gasteiger partial charge in [-0.3, -0.25) is 58.8 Å². The van der Waals surface area contributed by atoms with Crippen LogP contribution in [0, 0.1) is 69.8 Å². The first-order chi connectivity index (χ1) is 64.1. The van der Waals surface area contributed by atoms with Gasteiger partial charge in [0.25, 0.3) is 0 Å². The smallest absolute Gasteiger partial charge is 0.126 e. The van der Waals surface area contributed by atoms with Crippen LogP contribution in [0.2, 0.25) is 0 Å². The van der Waals surface area contributed by atoms with E-state index in [1.54, 1.807) is 0 Å². The zero-order valence-corrected chi connectivity index (χ0v) is 74.8. The Kier molecular flexibility index (Phi) is 34.7. The van der Waals surface area contributed by atoms with Crippen molar-refractivity contribution in [1.29, 1.82) is 0 Å². The summed E-state index contributed by atoms with van der Waals surface area (Å²) in [5, 5.41) is 0. The summed E-state index contributed by atoms with van der Waals surface area (Å²) in [5.74, 6) is -7.58. The Morgan fingerprint density at radius 3 is 0.348 bits per heavy atom. The minimum absolute atomic E-state index is 0.300. The molecule has 0 radical (unpaired) electrons. The van der Waals surface area contributed by atoms with Gasteiger partial charge in [-0.25, -0.2) is 52.7 Å². The van der Waals surface area contributed by atoms with E-state index in [0.29, 0.717) is 269 Å². The molecule has 0 amide bonds. The summed E-state index contributed by atoms with van der Waals surface area (Å²) in [6, 6.07) is 76.5. The number of halogens is 12. The fourth-order valence-electron chi connectivity index (χ4n) is 18.3. The van der Waals surface area contributed by atoms with Gasteiger partial charge in [0, 0.05) is 272 Å². The van der Waals surface area contributed by atoms with Gasteiger partial charge < -0.3 is 0 Å². The number of benzene rings is 12. The van der Waals surface area contributed by atoms with Crippen LogP contribution >= 0.6 is 0 Å². The summed E-state index contributed by atoms with van der Waals surface area (Å²) >= 11 is 0. The van der Waals surface area contributed by atoms with E-state index in [1.807, 2.05) is 36.4 Å². The average Bonchev–Trinajstić information content (AvgIpc) is 0.842. The molecular weight excluding hydrogens is 1690 g/mol. The second kappa shape index (κ2) is 47.8. The lowest BCUT2D eigenvalue weighted by atomic mass is 10.0. The van der Waals surface area contributed by atoms with E-state index in [9.17, 15) is 35.1 Å². The van der Waals surface area contributed by atoms with Gasteiger partial charge >= 0.3 is 0 Å². The first-order valence-electron chi connectivity index (χ1n) is 45.9. The second-order valence-corrected chi connectivity index (χ2v) is 35.7. The van der Waals surface area contributed by atoms with Crippen molar-refractivity contribution in [2.24, 2.45) is 0 Å². The topological polar surface area (TPSA) is 38.9 Å². The van der Waals surface area contributed by atoms with Crippen LogP contribution in [0.4, 0.5) is 52.7 Å². The molecule has 12 aromatic rings. The molecule has 0 saturated carbocycles. The van der Waals surface area contributed by atoms with E-state index >= 15 is 17.6 Å². The van der Waals surface area contributed by atoms with Gasteiger partial charge in [0.15, 0.2) is 0 Å². The number of hydrogen-bond acceptors (Lipinski definition) is 12. The van der Waals surface area contributed by atoms with Gasteiger partial charge in [0.1, 0.15) is 69.8 Å². The van der Waals surface area contributed by atoms with Crippen LogP contribution in [-0.2, 0) is 78.5 Å². The molecule has 0 spiro atoms. The highest BCUT2D eigenvalue weighted by Gasteiger charge is 2.26. The van der Waals surface area contributed by atoms with Crippen molar-refractivity contribution in [2.45, 2.75) is 78.5 Å². The normalized spacial score (nSPS) is 17.1. The fraction of sp³-hybridized carbons (Fsp3) is 0.333. The Labute approximate surface area is 768 Å². The molecule has 24 heteroatoms. The molecule has 132 heavy (non-hydrogen) atoms. The summed E-state index contributed by atoms with van der Waals surface area (Å²) < 4.78 is 178. The minimum atomic E-state index is -0.650.